The number of Topliss-reactive ketones (excluding diaryl/α,β-unsaturated/α-hetero) is 1. The number of ether oxygens (including phenoxy) is 1. The van der Waals surface area contributed by atoms with E-state index >= 15 is 0 Å². The highest BCUT2D eigenvalue weighted by Crippen LogP contribution is 2.26. The van der Waals surface area contributed by atoms with Crippen molar-refractivity contribution in [1.29, 1.82) is 0 Å². The Hall–Kier alpha value is -3.14. The molecule has 0 aliphatic carbocycles. The van der Waals surface area contributed by atoms with Gasteiger partial charge < -0.3 is 15.0 Å². The molecule has 3 rings (SSSR count). The van der Waals surface area contributed by atoms with E-state index in [9.17, 15) is 13.6 Å². The van der Waals surface area contributed by atoms with E-state index in [-0.39, 0.29) is 23.2 Å². The molecule has 0 unspecified atom stereocenters. The minimum atomic E-state index is -2.87. The van der Waals surface area contributed by atoms with Crippen molar-refractivity contribution in [3.05, 3.63) is 59.9 Å². The maximum Gasteiger partial charge on any atom is 0.387 e. The highest BCUT2D eigenvalue weighted by Gasteiger charge is 2.19. The van der Waals surface area contributed by atoms with Crippen molar-refractivity contribution in [2.45, 2.75) is 32.2 Å². The zero-order valence-corrected chi connectivity index (χ0v) is 17.3. The van der Waals surface area contributed by atoms with Gasteiger partial charge in [-0.05, 0) is 44.2 Å². The second kappa shape index (κ2) is 9.12. The predicted molar refractivity (Wildman–Crippen MR) is 112 cm³/mol. The molecule has 0 aliphatic rings. The fraction of sp³-hybridized carbons (Fsp3) is 0.250. The van der Waals surface area contributed by atoms with Crippen LogP contribution in [0.25, 0.3) is 5.69 Å². The Bertz CT molecular complexity index is 1060. The van der Waals surface area contributed by atoms with Crippen molar-refractivity contribution >= 4 is 23.5 Å². The molecule has 3 aromatic rings. The van der Waals surface area contributed by atoms with Crippen LogP contribution in [-0.2, 0) is 6.54 Å². The van der Waals surface area contributed by atoms with Crippen LogP contribution in [0.1, 0.15) is 21.7 Å². The fourth-order valence-electron chi connectivity index (χ4n) is 3.13. The molecule has 0 amide bonds. The molecule has 1 aromatic carbocycles. The molecule has 0 fully saturated rings. The zero-order chi connectivity index (χ0) is 21.8. The Balaban J connectivity index is 1.78. The molecule has 0 aliphatic heterocycles. The van der Waals surface area contributed by atoms with Gasteiger partial charge in [-0.15, -0.1) is 16.8 Å². The first-order valence-electron chi connectivity index (χ1n) is 9.01. The number of alkyl halides is 2. The molecule has 7 nitrogen and oxygen atoms in total. The molecule has 30 heavy (non-hydrogen) atoms. The molecule has 0 saturated heterocycles. The summed E-state index contributed by atoms with van der Waals surface area (Å²) in [5.41, 5.74) is 8.72. The Kier molecular flexibility index (Phi) is 6.56. The average molecular weight is 433 g/mol. The van der Waals surface area contributed by atoms with Gasteiger partial charge in [-0.2, -0.15) is 8.78 Å². The molecule has 0 radical (unpaired) electrons. The molecular formula is C20H21F2N5O2S. The first kappa shape index (κ1) is 21.6. The molecule has 158 valence electrons. The van der Waals surface area contributed by atoms with Crippen LogP contribution < -0.4 is 10.5 Å². The first-order chi connectivity index (χ1) is 14.3. The van der Waals surface area contributed by atoms with Gasteiger partial charge in [0.2, 0.25) is 5.95 Å². The van der Waals surface area contributed by atoms with E-state index in [4.69, 9.17) is 5.73 Å². The fourth-order valence-corrected chi connectivity index (χ4v) is 3.97. The van der Waals surface area contributed by atoms with Crippen molar-refractivity contribution in [2.24, 2.45) is 0 Å². The van der Waals surface area contributed by atoms with Crippen LogP contribution in [0.4, 0.5) is 14.7 Å². The number of hydrogen-bond donors (Lipinski definition) is 1. The maximum atomic E-state index is 12.8. The standard InChI is InChI=1S/C20H21F2N5O2S/c1-4-9-26-19(23)24-25-20(26)30-11-17(28)16-10-12(2)27(13(16)3)14-5-7-15(8-6-14)29-18(21)22/h4-8,10,18H,1,9,11H2,2-3H3,(H2,23,24). The summed E-state index contributed by atoms with van der Waals surface area (Å²) in [6.45, 7) is 4.97. The summed E-state index contributed by atoms with van der Waals surface area (Å²) < 4.78 is 32.6. The molecule has 0 atom stereocenters. The minimum Gasteiger partial charge on any atom is -0.435 e. The summed E-state index contributed by atoms with van der Waals surface area (Å²) in [5.74, 6) is 0.443. The summed E-state index contributed by atoms with van der Waals surface area (Å²) in [5, 5.41) is 8.38. The normalized spacial score (nSPS) is 11.1. The first-order valence-corrected chi connectivity index (χ1v) is 10.00. The van der Waals surface area contributed by atoms with Crippen molar-refractivity contribution in [1.82, 2.24) is 19.3 Å². The number of carbonyl (C=O) groups excluding carboxylic acids is 1. The average Bonchev–Trinajstić information content (AvgIpc) is 3.20. The lowest BCUT2D eigenvalue weighted by atomic mass is 10.2. The van der Waals surface area contributed by atoms with Crippen molar-refractivity contribution in [3.8, 4) is 11.4 Å². The molecule has 2 N–H and O–H groups in total. The second-order valence-corrected chi connectivity index (χ2v) is 7.39. The largest absolute Gasteiger partial charge is 0.435 e. The molecule has 0 spiro atoms. The highest BCUT2D eigenvalue weighted by atomic mass is 32.2. The maximum absolute atomic E-state index is 12.8. The number of rotatable bonds is 9. The van der Waals surface area contributed by atoms with Crippen LogP contribution in [0.3, 0.4) is 0 Å². The van der Waals surface area contributed by atoms with Gasteiger partial charge in [0, 0.05) is 29.2 Å². The Morgan fingerprint density at radius 3 is 2.63 bits per heavy atom. The summed E-state index contributed by atoms with van der Waals surface area (Å²) in [7, 11) is 0. The quantitative estimate of drug-likeness (QED) is 0.311. The number of hydrogen-bond acceptors (Lipinski definition) is 6. The third-order valence-corrected chi connectivity index (χ3v) is 5.41. The molecular weight excluding hydrogens is 412 g/mol. The summed E-state index contributed by atoms with van der Waals surface area (Å²) in [6, 6.07) is 8.08. The highest BCUT2D eigenvalue weighted by molar-refractivity contribution is 7.99. The van der Waals surface area contributed by atoms with Gasteiger partial charge in [-0.3, -0.25) is 9.36 Å². The smallest absolute Gasteiger partial charge is 0.387 e. The lowest BCUT2D eigenvalue weighted by molar-refractivity contribution is -0.0498. The minimum absolute atomic E-state index is 0.0660. The third kappa shape index (κ3) is 4.54. The number of nitrogens with two attached hydrogens (primary N) is 1. The van der Waals surface area contributed by atoms with Crippen LogP contribution in [0.5, 0.6) is 5.75 Å². The second-order valence-electron chi connectivity index (χ2n) is 6.44. The molecule has 2 aromatic heterocycles. The number of anilines is 1. The topological polar surface area (TPSA) is 88.0 Å². The van der Waals surface area contributed by atoms with Gasteiger partial charge in [0.15, 0.2) is 10.9 Å². The summed E-state index contributed by atoms with van der Waals surface area (Å²) in [6.07, 6.45) is 1.68. The number of carbonyl (C=O) groups is 1. The number of aryl methyl sites for hydroxylation is 1. The number of thioether (sulfide) groups is 1. The van der Waals surface area contributed by atoms with E-state index in [1.54, 1.807) is 22.8 Å². The lowest BCUT2D eigenvalue weighted by Gasteiger charge is -2.11. The van der Waals surface area contributed by atoms with E-state index < -0.39 is 6.61 Å². The number of nitrogen functional groups attached to an aromatic ring is 1. The number of ketones is 1. The number of nitrogens with zero attached hydrogens (tertiary/aromatic N) is 4. The van der Waals surface area contributed by atoms with Crippen LogP contribution in [0, 0.1) is 13.8 Å². The van der Waals surface area contributed by atoms with Crippen LogP contribution in [0.15, 0.2) is 48.1 Å². The van der Waals surface area contributed by atoms with E-state index in [2.05, 4.69) is 21.5 Å². The van der Waals surface area contributed by atoms with Crippen molar-refractivity contribution in [3.63, 3.8) is 0 Å². The number of aromatic nitrogens is 4. The van der Waals surface area contributed by atoms with Crippen LogP contribution in [0.2, 0.25) is 0 Å². The number of allylic oxidation sites excluding steroid dienone is 1. The van der Waals surface area contributed by atoms with E-state index in [0.29, 0.717) is 17.3 Å². The number of benzene rings is 1. The van der Waals surface area contributed by atoms with Gasteiger partial charge in [0.25, 0.3) is 0 Å². The van der Waals surface area contributed by atoms with E-state index in [0.717, 1.165) is 17.1 Å². The third-order valence-electron chi connectivity index (χ3n) is 4.44. The Labute approximate surface area is 176 Å². The molecule has 2 heterocycles. The predicted octanol–water partition coefficient (Wildman–Crippen LogP) is 4.03. The zero-order valence-electron chi connectivity index (χ0n) is 16.5. The van der Waals surface area contributed by atoms with Gasteiger partial charge in [0.05, 0.1) is 5.75 Å². The van der Waals surface area contributed by atoms with Gasteiger partial charge in [0.1, 0.15) is 5.75 Å². The monoisotopic (exact) mass is 433 g/mol. The number of halogens is 2. The van der Waals surface area contributed by atoms with Gasteiger partial charge >= 0.3 is 6.61 Å². The van der Waals surface area contributed by atoms with E-state index in [1.165, 1.54) is 23.9 Å². The lowest BCUT2D eigenvalue weighted by Crippen LogP contribution is -2.08. The Morgan fingerprint density at radius 1 is 1.30 bits per heavy atom. The molecule has 0 saturated carbocycles. The van der Waals surface area contributed by atoms with Crippen LogP contribution >= 0.6 is 11.8 Å². The Morgan fingerprint density at radius 2 is 2.00 bits per heavy atom. The summed E-state index contributed by atoms with van der Waals surface area (Å²) >= 11 is 1.25. The van der Waals surface area contributed by atoms with E-state index in [1.807, 2.05) is 24.5 Å². The molecule has 0 bridgehead atoms. The summed E-state index contributed by atoms with van der Waals surface area (Å²) in [4.78, 5) is 12.8. The SMILES string of the molecule is C=CCn1c(N)nnc1SCC(=O)c1cc(C)n(-c2ccc(OC(F)F)cc2)c1C. The van der Waals surface area contributed by atoms with Crippen molar-refractivity contribution < 1.29 is 18.3 Å². The van der Waals surface area contributed by atoms with Gasteiger partial charge in [-0.25, -0.2) is 0 Å². The van der Waals surface area contributed by atoms with Crippen molar-refractivity contribution in [2.75, 3.05) is 11.5 Å². The molecule has 10 heteroatoms. The van der Waals surface area contributed by atoms with Crippen LogP contribution in [-0.4, -0.2) is 37.5 Å². The van der Waals surface area contributed by atoms with Gasteiger partial charge in [-0.1, -0.05) is 17.8 Å².